The van der Waals surface area contributed by atoms with Crippen LogP contribution in [0, 0.1) is 0 Å². The second kappa shape index (κ2) is 4.54. The number of rotatable bonds is 2. The molecule has 2 heterocycles. The highest BCUT2D eigenvalue weighted by atomic mass is 35.5. The summed E-state index contributed by atoms with van der Waals surface area (Å²) in [6.07, 6.45) is 0. The van der Waals surface area contributed by atoms with E-state index >= 15 is 0 Å². The fourth-order valence-corrected chi connectivity index (χ4v) is 3.22. The van der Waals surface area contributed by atoms with Crippen LogP contribution in [0.15, 0.2) is 29.6 Å². The van der Waals surface area contributed by atoms with Gasteiger partial charge in [-0.25, -0.2) is 4.98 Å². The second-order valence-corrected chi connectivity index (χ2v) is 6.09. The van der Waals surface area contributed by atoms with Crippen LogP contribution in [0.1, 0.15) is 19.9 Å². The van der Waals surface area contributed by atoms with Crippen molar-refractivity contribution in [1.82, 2.24) is 9.55 Å². The summed E-state index contributed by atoms with van der Waals surface area (Å²) in [7, 11) is 0. The number of aromatic nitrogens is 2. The minimum absolute atomic E-state index is 0.292. The van der Waals surface area contributed by atoms with E-state index in [0.29, 0.717) is 6.04 Å². The SMILES string of the molecule is CC(C)n1c(-c2sccc2N)nc2ccc(Cl)cc21. The fourth-order valence-electron chi connectivity index (χ4n) is 2.25. The molecule has 0 saturated heterocycles. The Bertz CT molecular complexity index is 742. The van der Waals surface area contributed by atoms with Crippen LogP contribution in [0.4, 0.5) is 5.69 Å². The monoisotopic (exact) mass is 291 g/mol. The average molecular weight is 292 g/mol. The predicted molar refractivity (Wildman–Crippen MR) is 82.9 cm³/mol. The van der Waals surface area contributed by atoms with Gasteiger partial charge in [-0.2, -0.15) is 0 Å². The Kier molecular flexibility index (Phi) is 2.99. The first-order valence-electron chi connectivity index (χ1n) is 6.08. The summed E-state index contributed by atoms with van der Waals surface area (Å²) < 4.78 is 2.18. The number of hydrogen-bond donors (Lipinski definition) is 1. The van der Waals surface area contributed by atoms with Crippen molar-refractivity contribution in [2.75, 3.05) is 5.73 Å². The quantitative estimate of drug-likeness (QED) is 0.751. The molecule has 0 spiro atoms. The largest absolute Gasteiger partial charge is 0.397 e. The first kappa shape index (κ1) is 12.5. The Morgan fingerprint density at radius 3 is 2.74 bits per heavy atom. The highest BCUT2D eigenvalue weighted by Crippen LogP contribution is 2.35. The van der Waals surface area contributed by atoms with Crippen LogP contribution in [0.3, 0.4) is 0 Å². The molecular weight excluding hydrogens is 278 g/mol. The lowest BCUT2D eigenvalue weighted by molar-refractivity contribution is 0.625. The zero-order valence-corrected chi connectivity index (χ0v) is 12.3. The summed E-state index contributed by atoms with van der Waals surface area (Å²) >= 11 is 7.71. The Morgan fingerprint density at radius 1 is 1.32 bits per heavy atom. The van der Waals surface area contributed by atoms with E-state index in [2.05, 4.69) is 18.4 Å². The number of nitrogens with two attached hydrogens (primary N) is 1. The molecule has 0 fully saturated rings. The summed E-state index contributed by atoms with van der Waals surface area (Å²) in [6.45, 7) is 4.27. The van der Waals surface area contributed by atoms with Gasteiger partial charge in [0.1, 0.15) is 0 Å². The van der Waals surface area contributed by atoms with Gasteiger partial charge in [0.2, 0.25) is 0 Å². The van der Waals surface area contributed by atoms with Crippen molar-refractivity contribution < 1.29 is 0 Å². The lowest BCUT2D eigenvalue weighted by Crippen LogP contribution is -2.03. The normalized spacial score (nSPS) is 11.6. The molecule has 0 radical (unpaired) electrons. The van der Waals surface area contributed by atoms with Gasteiger partial charge >= 0.3 is 0 Å². The number of halogens is 1. The molecular formula is C14H14ClN3S. The molecule has 0 bridgehead atoms. The molecule has 0 amide bonds. The van der Waals surface area contributed by atoms with E-state index in [1.807, 2.05) is 29.6 Å². The highest BCUT2D eigenvalue weighted by Gasteiger charge is 2.17. The standard InChI is InChI=1S/C14H14ClN3S/c1-8(2)18-12-7-9(15)3-4-11(12)17-14(18)13-10(16)5-6-19-13/h3-8H,16H2,1-2H3. The number of fused-ring (bicyclic) bond motifs is 1. The van der Waals surface area contributed by atoms with Gasteiger partial charge < -0.3 is 10.3 Å². The van der Waals surface area contributed by atoms with Crippen molar-refractivity contribution in [2.45, 2.75) is 19.9 Å². The van der Waals surface area contributed by atoms with Gasteiger partial charge in [0, 0.05) is 11.1 Å². The molecule has 0 unspecified atom stereocenters. The van der Waals surface area contributed by atoms with Gasteiger partial charge in [0.15, 0.2) is 5.82 Å². The third kappa shape index (κ3) is 2.01. The third-order valence-electron chi connectivity index (χ3n) is 3.07. The minimum Gasteiger partial charge on any atom is -0.397 e. The molecule has 1 aromatic carbocycles. The fraction of sp³-hybridized carbons (Fsp3) is 0.214. The van der Waals surface area contributed by atoms with E-state index in [1.165, 1.54) is 0 Å². The molecule has 98 valence electrons. The number of anilines is 1. The molecule has 0 saturated carbocycles. The molecule has 19 heavy (non-hydrogen) atoms. The van der Waals surface area contributed by atoms with Crippen molar-refractivity contribution in [3.8, 4) is 10.7 Å². The number of nitrogen functional groups attached to an aromatic ring is 1. The first-order chi connectivity index (χ1) is 9.08. The van der Waals surface area contributed by atoms with E-state index in [-0.39, 0.29) is 0 Å². The van der Waals surface area contributed by atoms with Gasteiger partial charge in [0.25, 0.3) is 0 Å². The Morgan fingerprint density at radius 2 is 2.11 bits per heavy atom. The average Bonchev–Trinajstić information content (AvgIpc) is 2.91. The van der Waals surface area contributed by atoms with Crippen molar-refractivity contribution in [3.63, 3.8) is 0 Å². The number of thiophene rings is 1. The lowest BCUT2D eigenvalue weighted by Gasteiger charge is -2.12. The van der Waals surface area contributed by atoms with Crippen molar-refractivity contribution in [3.05, 3.63) is 34.7 Å². The molecule has 0 atom stereocenters. The summed E-state index contributed by atoms with van der Waals surface area (Å²) in [5.74, 6) is 0.916. The van der Waals surface area contributed by atoms with E-state index < -0.39 is 0 Å². The molecule has 0 aliphatic carbocycles. The van der Waals surface area contributed by atoms with Crippen molar-refractivity contribution >= 4 is 39.7 Å². The van der Waals surface area contributed by atoms with Gasteiger partial charge in [-0.1, -0.05) is 11.6 Å². The maximum absolute atomic E-state index is 6.10. The lowest BCUT2D eigenvalue weighted by atomic mass is 10.3. The van der Waals surface area contributed by atoms with Crippen molar-refractivity contribution in [1.29, 1.82) is 0 Å². The molecule has 3 rings (SSSR count). The Hall–Kier alpha value is -1.52. The van der Waals surface area contributed by atoms with Gasteiger partial charge in [-0.3, -0.25) is 0 Å². The number of nitrogens with zero attached hydrogens (tertiary/aromatic N) is 2. The van der Waals surface area contributed by atoms with Crippen LogP contribution in [-0.2, 0) is 0 Å². The van der Waals surface area contributed by atoms with Crippen LogP contribution < -0.4 is 5.73 Å². The van der Waals surface area contributed by atoms with Gasteiger partial charge in [-0.05, 0) is 43.5 Å². The zero-order valence-electron chi connectivity index (χ0n) is 10.7. The smallest absolute Gasteiger partial charge is 0.153 e. The molecule has 0 aliphatic heterocycles. The van der Waals surface area contributed by atoms with Crippen LogP contribution in [0.5, 0.6) is 0 Å². The summed E-state index contributed by atoms with van der Waals surface area (Å²) in [4.78, 5) is 5.73. The van der Waals surface area contributed by atoms with E-state index in [9.17, 15) is 0 Å². The first-order valence-corrected chi connectivity index (χ1v) is 7.34. The van der Waals surface area contributed by atoms with Gasteiger partial charge in [-0.15, -0.1) is 11.3 Å². The second-order valence-electron chi connectivity index (χ2n) is 4.74. The Balaban J connectivity index is 2.36. The van der Waals surface area contributed by atoms with Crippen molar-refractivity contribution in [2.24, 2.45) is 0 Å². The molecule has 3 aromatic rings. The number of hydrogen-bond acceptors (Lipinski definition) is 3. The summed E-state index contributed by atoms with van der Waals surface area (Å²) in [6, 6.07) is 7.97. The predicted octanol–water partition coefficient (Wildman–Crippen LogP) is 4.58. The van der Waals surface area contributed by atoms with E-state index in [0.717, 1.165) is 32.4 Å². The summed E-state index contributed by atoms with van der Waals surface area (Å²) in [5, 5.41) is 2.71. The third-order valence-corrected chi connectivity index (χ3v) is 4.23. The molecule has 0 aliphatic rings. The molecule has 5 heteroatoms. The van der Waals surface area contributed by atoms with Crippen LogP contribution >= 0.6 is 22.9 Å². The molecule has 2 aromatic heterocycles. The maximum atomic E-state index is 6.10. The highest BCUT2D eigenvalue weighted by molar-refractivity contribution is 7.14. The maximum Gasteiger partial charge on any atom is 0.153 e. The zero-order chi connectivity index (χ0) is 13.6. The van der Waals surface area contributed by atoms with Crippen LogP contribution in [0.25, 0.3) is 21.7 Å². The van der Waals surface area contributed by atoms with Crippen LogP contribution in [-0.4, -0.2) is 9.55 Å². The van der Waals surface area contributed by atoms with Crippen LogP contribution in [0.2, 0.25) is 5.02 Å². The minimum atomic E-state index is 0.292. The number of imidazole rings is 1. The van der Waals surface area contributed by atoms with E-state index in [4.69, 9.17) is 22.3 Å². The van der Waals surface area contributed by atoms with E-state index in [1.54, 1.807) is 11.3 Å². The van der Waals surface area contributed by atoms with Gasteiger partial charge in [0.05, 0.1) is 21.6 Å². The molecule has 3 nitrogen and oxygen atoms in total. The topological polar surface area (TPSA) is 43.8 Å². The number of benzene rings is 1. The molecule has 2 N–H and O–H groups in total. The Labute approximate surface area is 120 Å². The summed E-state index contributed by atoms with van der Waals surface area (Å²) in [5.41, 5.74) is 8.79.